The third-order valence-electron chi connectivity index (χ3n) is 1.98. The Labute approximate surface area is 99.4 Å². The summed E-state index contributed by atoms with van der Waals surface area (Å²) in [5.41, 5.74) is 0. The quantitative estimate of drug-likeness (QED) is 0.801. The molecule has 96 valence electrons. The van der Waals surface area contributed by atoms with Crippen LogP contribution < -0.4 is 10.1 Å². The van der Waals surface area contributed by atoms with Gasteiger partial charge in [0.25, 0.3) is 6.43 Å². The van der Waals surface area contributed by atoms with E-state index in [4.69, 9.17) is 4.74 Å². The molecule has 0 spiro atoms. The number of anilines is 1. The van der Waals surface area contributed by atoms with Crippen molar-refractivity contribution in [2.45, 2.75) is 33.1 Å². The molecule has 17 heavy (non-hydrogen) atoms. The van der Waals surface area contributed by atoms with Gasteiger partial charge in [0.2, 0.25) is 5.88 Å². The Kier molecular flexibility index (Phi) is 5.59. The van der Waals surface area contributed by atoms with Crippen LogP contribution in [0, 0.1) is 0 Å². The van der Waals surface area contributed by atoms with Crippen molar-refractivity contribution in [1.82, 2.24) is 9.97 Å². The molecule has 4 nitrogen and oxygen atoms in total. The highest BCUT2D eigenvalue weighted by Gasteiger charge is 2.07. The zero-order valence-corrected chi connectivity index (χ0v) is 10.0. The Hall–Kier alpha value is -1.46. The van der Waals surface area contributed by atoms with Crippen molar-refractivity contribution < 1.29 is 13.5 Å². The van der Waals surface area contributed by atoms with Crippen molar-refractivity contribution in [1.29, 1.82) is 0 Å². The zero-order valence-electron chi connectivity index (χ0n) is 10.0. The lowest BCUT2D eigenvalue weighted by molar-refractivity contribution is 0.0794. The Bertz CT molecular complexity index is 347. The van der Waals surface area contributed by atoms with Gasteiger partial charge in [-0.1, -0.05) is 13.8 Å². The maximum Gasteiger partial charge on any atom is 0.272 e. The molecule has 1 aromatic rings. The highest BCUT2D eigenvalue weighted by Crippen LogP contribution is 2.14. The van der Waals surface area contributed by atoms with E-state index in [0.29, 0.717) is 18.1 Å². The number of aromatic nitrogens is 2. The van der Waals surface area contributed by atoms with E-state index in [0.717, 1.165) is 13.0 Å². The fourth-order valence-electron chi connectivity index (χ4n) is 1.20. The van der Waals surface area contributed by atoms with E-state index in [-0.39, 0.29) is 5.88 Å². The van der Waals surface area contributed by atoms with Gasteiger partial charge in [-0.2, -0.15) is 4.98 Å². The number of hydrogen-bond donors (Lipinski definition) is 1. The van der Waals surface area contributed by atoms with Gasteiger partial charge in [-0.3, -0.25) is 0 Å². The first-order valence-corrected chi connectivity index (χ1v) is 5.68. The third kappa shape index (κ3) is 4.93. The average molecular weight is 245 g/mol. The van der Waals surface area contributed by atoms with Crippen molar-refractivity contribution in [2.75, 3.05) is 18.5 Å². The van der Waals surface area contributed by atoms with Gasteiger partial charge in [0, 0.05) is 19.0 Å². The molecule has 0 aliphatic heterocycles. The average Bonchev–Trinajstić information content (AvgIpc) is 2.33. The predicted octanol–water partition coefficient (Wildman–Crippen LogP) is 2.50. The first kappa shape index (κ1) is 13.6. The van der Waals surface area contributed by atoms with Crippen molar-refractivity contribution in [3.8, 4) is 5.88 Å². The van der Waals surface area contributed by atoms with Crippen molar-refractivity contribution in [3.05, 3.63) is 11.9 Å². The van der Waals surface area contributed by atoms with Crippen LogP contribution in [-0.4, -0.2) is 29.5 Å². The second kappa shape index (κ2) is 6.98. The Balaban J connectivity index is 2.73. The molecule has 0 radical (unpaired) electrons. The fourth-order valence-corrected chi connectivity index (χ4v) is 1.20. The van der Waals surface area contributed by atoms with Crippen LogP contribution in [0.15, 0.2) is 6.07 Å². The second-order valence-corrected chi connectivity index (χ2v) is 3.49. The number of ether oxygens (including phenoxy) is 1. The summed E-state index contributed by atoms with van der Waals surface area (Å²) < 4.78 is 28.9. The predicted molar refractivity (Wildman–Crippen MR) is 61.7 cm³/mol. The molecular weight excluding hydrogens is 228 g/mol. The van der Waals surface area contributed by atoms with Crippen LogP contribution in [0.2, 0.25) is 0 Å². The highest BCUT2D eigenvalue weighted by atomic mass is 19.3. The largest absolute Gasteiger partial charge is 0.471 e. The molecule has 1 aromatic heterocycles. The standard InChI is InChI=1S/C11H17F2N3O/c1-3-5-14-10-6-11(17-7-8(12)13)16-9(4-2)15-10/h6,8H,3-5,7H2,1-2H3,(H,14,15,16). The van der Waals surface area contributed by atoms with Crippen LogP contribution in [0.1, 0.15) is 26.1 Å². The minimum Gasteiger partial charge on any atom is -0.471 e. The van der Waals surface area contributed by atoms with E-state index < -0.39 is 13.0 Å². The van der Waals surface area contributed by atoms with Crippen molar-refractivity contribution in [3.63, 3.8) is 0 Å². The van der Waals surface area contributed by atoms with E-state index in [1.807, 2.05) is 13.8 Å². The molecule has 1 N–H and O–H groups in total. The second-order valence-electron chi connectivity index (χ2n) is 3.49. The summed E-state index contributed by atoms with van der Waals surface area (Å²) in [5.74, 6) is 1.38. The van der Waals surface area contributed by atoms with E-state index in [1.165, 1.54) is 6.07 Å². The Morgan fingerprint density at radius 1 is 1.35 bits per heavy atom. The number of aryl methyl sites for hydroxylation is 1. The minimum atomic E-state index is -2.50. The van der Waals surface area contributed by atoms with Gasteiger partial charge >= 0.3 is 0 Å². The first-order chi connectivity index (χ1) is 8.15. The molecule has 0 amide bonds. The number of hydrogen-bond acceptors (Lipinski definition) is 4. The Morgan fingerprint density at radius 3 is 2.71 bits per heavy atom. The van der Waals surface area contributed by atoms with Crippen LogP contribution in [0.5, 0.6) is 5.88 Å². The summed E-state index contributed by atoms with van der Waals surface area (Å²) in [7, 11) is 0. The van der Waals surface area contributed by atoms with Gasteiger partial charge < -0.3 is 10.1 Å². The highest BCUT2D eigenvalue weighted by molar-refractivity contribution is 5.38. The summed E-state index contributed by atoms with van der Waals surface area (Å²) in [6.07, 6.45) is -0.909. The molecular formula is C11H17F2N3O. The zero-order chi connectivity index (χ0) is 12.7. The SMILES string of the molecule is CCCNc1cc(OCC(F)F)nc(CC)n1. The maximum atomic E-state index is 12.0. The normalized spacial score (nSPS) is 10.6. The van der Waals surface area contributed by atoms with Crippen LogP contribution >= 0.6 is 0 Å². The lowest BCUT2D eigenvalue weighted by atomic mass is 10.4. The molecule has 0 aromatic carbocycles. The molecule has 0 fully saturated rings. The number of alkyl halides is 2. The van der Waals surface area contributed by atoms with Gasteiger partial charge in [0.05, 0.1) is 0 Å². The van der Waals surface area contributed by atoms with Crippen molar-refractivity contribution in [2.24, 2.45) is 0 Å². The summed E-state index contributed by atoms with van der Waals surface area (Å²) in [5, 5.41) is 3.08. The molecule has 0 atom stereocenters. The molecule has 0 aliphatic carbocycles. The fraction of sp³-hybridized carbons (Fsp3) is 0.636. The summed E-state index contributed by atoms with van der Waals surface area (Å²) in [6, 6.07) is 1.54. The molecule has 1 rings (SSSR count). The van der Waals surface area contributed by atoms with Gasteiger partial charge in [0.1, 0.15) is 11.6 Å². The Morgan fingerprint density at radius 2 is 2.12 bits per heavy atom. The van der Waals surface area contributed by atoms with Gasteiger partial charge in [-0.25, -0.2) is 13.8 Å². The van der Waals surface area contributed by atoms with Crippen LogP contribution in [0.3, 0.4) is 0 Å². The smallest absolute Gasteiger partial charge is 0.272 e. The first-order valence-electron chi connectivity index (χ1n) is 5.68. The maximum absolute atomic E-state index is 12.0. The van der Waals surface area contributed by atoms with E-state index in [2.05, 4.69) is 15.3 Å². The summed E-state index contributed by atoms with van der Waals surface area (Å²) in [4.78, 5) is 8.25. The van der Waals surface area contributed by atoms with Gasteiger partial charge in [-0.15, -0.1) is 0 Å². The molecule has 0 saturated heterocycles. The van der Waals surface area contributed by atoms with Crippen molar-refractivity contribution >= 4 is 5.82 Å². The molecule has 0 saturated carbocycles. The third-order valence-corrected chi connectivity index (χ3v) is 1.98. The molecule has 1 heterocycles. The number of halogens is 2. The summed E-state index contributed by atoms with van der Waals surface area (Å²) >= 11 is 0. The van der Waals surface area contributed by atoms with Gasteiger partial charge in [0.15, 0.2) is 6.61 Å². The van der Waals surface area contributed by atoms with E-state index >= 15 is 0 Å². The van der Waals surface area contributed by atoms with Crippen LogP contribution in [0.25, 0.3) is 0 Å². The lowest BCUT2D eigenvalue weighted by Gasteiger charge is -2.09. The van der Waals surface area contributed by atoms with E-state index in [9.17, 15) is 8.78 Å². The van der Waals surface area contributed by atoms with E-state index in [1.54, 1.807) is 0 Å². The lowest BCUT2D eigenvalue weighted by Crippen LogP contribution is -2.11. The topological polar surface area (TPSA) is 47.0 Å². The molecule has 0 unspecified atom stereocenters. The molecule has 0 aliphatic rings. The minimum absolute atomic E-state index is 0.191. The van der Waals surface area contributed by atoms with Crippen LogP contribution in [0.4, 0.5) is 14.6 Å². The monoisotopic (exact) mass is 245 g/mol. The number of rotatable bonds is 7. The number of nitrogens with one attached hydrogen (secondary N) is 1. The molecule has 0 bridgehead atoms. The van der Waals surface area contributed by atoms with Gasteiger partial charge in [-0.05, 0) is 6.42 Å². The summed E-state index contributed by atoms with van der Waals surface area (Å²) in [6.45, 7) is 4.06. The van der Waals surface area contributed by atoms with Crippen LogP contribution in [-0.2, 0) is 6.42 Å². The number of nitrogens with zero attached hydrogens (tertiary/aromatic N) is 2. The molecule has 6 heteroatoms.